The Morgan fingerprint density at radius 3 is 2.96 bits per heavy atom. The van der Waals surface area contributed by atoms with E-state index in [1.54, 1.807) is 11.8 Å². The Hall–Kier alpha value is -1.92. The van der Waals surface area contributed by atoms with Crippen LogP contribution in [-0.4, -0.2) is 27.1 Å². The topological polar surface area (TPSA) is 49.2 Å². The summed E-state index contributed by atoms with van der Waals surface area (Å²) >= 11 is 7.11. The van der Waals surface area contributed by atoms with Crippen molar-refractivity contribution in [2.24, 2.45) is 0 Å². The van der Waals surface area contributed by atoms with Gasteiger partial charge in [-0.2, -0.15) is 0 Å². The lowest BCUT2D eigenvalue weighted by atomic mass is 10.2. The zero-order valence-corrected chi connectivity index (χ0v) is 14.0. The summed E-state index contributed by atoms with van der Waals surface area (Å²) in [5, 5.41) is 9.35. The number of rotatable bonds is 6. The van der Waals surface area contributed by atoms with E-state index in [9.17, 15) is 0 Å². The molecule has 0 radical (unpaired) electrons. The number of para-hydroxylation sites is 2. The van der Waals surface area contributed by atoms with Gasteiger partial charge < -0.3 is 9.47 Å². The van der Waals surface area contributed by atoms with E-state index in [2.05, 4.69) is 16.8 Å². The quantitative estimate of drug-likeness (QED) is 0.586. The largest absolute Gasteiger partial charge is 0.485 e. The molecule has 0 spiro atoms. The maximum atomic E-state index is 6.02. The summed E-state index contributed by atoms with van der Waals surface area (Å²) in [6.45, 7) is 4.81. The first-order chi connectivity index (χ1) is 11.3. The van der Waals surface area contributed by atoms with Crippen LogP contribution in [0, 0.1) is 0 Å². The molecule has 1 atom stereocenters. The van der Waals surface area contributed by atoms with Crippen LogP contribution < -0.4 is 9.47 Å². The van der Waals surface area contributed by atoms with Crippen molar-refractivity contribution < 1.29 is 9.47 Å². The SMILES string of the molecule is C=CCn1c(SC/C=C/Cl)nnc1C1COc2ccccc2O1. The number of benzene rings is 1. The Morgan fingerprint density at radius 2 is 2.17 bits per heavy atom. The minimum Gasteiger partial charge on any atom is -0.485 e. The van der Waals surface area contributed by atoms with Crippen molar-refractivity contribution in [3.8, 4) is 11.5 Å². The molecule has 1 unspecified atom stereocenters. The number of thioether (sulfide) groups is 1. The number of ether oxygens (including phenoxy) is 2. The lowest BCUT2D eigenvalue weighted by Gasteiger charge is -2.26. The highest BCUT2D eigenvalue weighted by atomic mass is 35.5. The van der Waals surface area contributed by atoms with Gasteiger partial charge in [0.1, 0.15) is 6.61 Å². The van der Waals surface area contributed by atoms with Crippen LogP contribution in [0.15, 0.2) is 53.7 Å². The lowest BCUT2D eigenvalue weighted by molar-refractivity contribution is 0.0821. The highest BCUT2D eigenvalue weighted by molar-refractivity contribution is 7.99. The third kappa shape index (κ3) is 3.54. The van der Waals surface area contributed by atoms with Crippen molar-refractivity contribution in [2.45, 2.75) is 17.8 Å². The fraction of sp³-hybridized carbons (Fsp3) is 0.250. The summed E-state index contributed by atoms with van der Waals surface area (Å²) in [5.74, 6) is 2.93. The summed E-state index contributed by atoms with van der Waals surface area (Å²) < 4.78 is 13.8. The molecule has 7 heteroatoms. The number of allylic oxidation sites excluding steroid dienone is 1. The molecule has 1 aromatic heterocycles. The molecule has 0 fully saturated rings. The molecule has 1 aliphatic heterocycles. The van der Waals surface area contributed by atoms with Crippen LogP contribution >= 0.6 is 23.4 Å². The molecule has 120 valence electrons. The summed E-state index contributed by atoms with van der Waals surface area (Å²) in [6.07, 6.45) is 3.37. The third-order valence-electron chi connectivity index (χ3n) is 3.25. The number of halogens is 1. The second-order valence-electron chi connectivity index (χ2n) is 4.78. The van der Waals surface area contributed by atoms with Crippen LogP contribution in [0.2, 0.25) is 0 Å². The van der Waals surface area contributed by atoms with E-state index in [4.69, 9.17) is 21.1 Å². The van der Waals surface area contributed by atoms with Crippen LogP contribution in [0.1, 0.15) is 11.9 Å². The minimum absolute atomic E-state index is 0.296. The van der Waals surface area contributed by atoms with Gasteiger partial charge in [0.2, 0.25) is 0 Å². The van der Waals surface area contributed by atoms with Gasteiger partial charge in [-0.25, -0.2) is 0 Å². The number of hydrogen-bond donors (Lipinski definition) is 0. The molecular weight excluding hydrogens is 334 g/mol. The van der Waals surface area contributed by atoms with E-state index in [1.165, 1.54) is 5.54 Å². The summed E-state index contributed by atoms with van der Waals surface area (Å²) in [4.78, 5) is 0. The van der Waals surface area contributed by atoms with E-state index < -0.39 is 0 Å². The van der Waals surface area contributed by atoms with Crippen LogP contribution in [0.25, 0.3) is 0 Å². The first-order valence-electron chi connectivity index (χ1n) is 7.14. The van der Waals surface area contributed by atoms with Crippen LogP contribution in [0.5, 0.6) is 11.5 Å². The lowest BCUT2D eigenvalue weighted by Crippen LogP contribution is -2.25. The zero-order chi connectivity index (χ0) is 16.1. The normalized spacial score (nSPS) is 16.7. The third-order valence-corrected chi connectivity index (χ3v) is 4.35. The van der Waals surface area contributed by atoms with Gasteiger partial charge in [-0.15, -0.1) is 16.8 Å². The van der Waals surface area contributed by atoms with Gasteiger partial charge in [-0.3, -0.25) is 4.57 Å². The predicted octanol–water partition coefficient (Wildman–Crippen LogP) is 3.82. The van der Waals surface area contributed by atoms with Crippen molar-refractivity contribution in [2.75, 3.05) is 12.4 Å². The summed E-state index contributed by atoms with van der Waals surface area (Å²) in [6, 6.07) is 7.61. The molecule has 0 aliphatic carbocycles. The summed E-state index contributed by atoms with van der Waals surface area (Å²) in [5.41, 5.74) is 1.50. The average molecular weight is 350 g/mol. The highest BCUT2D eigenvalue weighted by Gasteiger charge is 2.28. The molecule has 0 N–H and O–H groups in total. The first-order valence-corrected chi connectivity index (χ1v) is 8.56. The Balaban J connectivity index is 1.83. The Bertz CT molecular complexity index is 717. The highest BCUT2D eigenvalue weighted by Crippen LogP contribution is 2.36. The molecule has 23 heavy (non-hydrogen) atoms. The van der Waals surface area contributed by atoms with E-state index >= 15 is 0 Å². The van der Waals surface area contributed by atoms with Crippen molar-refractivity contribution in [1.29, 1.82) is 0 Å². The van der Waals surface area contributed by atoms with Crippen molar-refractivity contribution in [3.05, 3.63) is 54.4 Å². The van der Waals surface area contributed by atoms with Gasteiger partial charge in [-0.05, 0) is 12.1 Å². The second kappa shape index (κ2) is 7.57. The van der Waals surface area contributed by atoms with Crippen molar-refractivity contribution >= 4 is 23.4 Å². The fourth-order valence-electron chi connectivity index (χ4n) is 2.25. The predicted molar refractivity (Wildman–Crippen MR) is 91.2 cm³/mol. The van der Waals surface area contributed by atoms with Gasteiger partial charge in [0.25, 0.3) is 0 Å². The summed E-state index contributed by atoms with van der Waals surface area (Å²) in [7, 11) is 0. The van der Waals surface area contributed by atoms with Gasteiger partial charge in [0, 0.05) is 17.8 Å². The van der Waals surface area contributed by atoms with Crippen LogP contribution in [0.3, 0.4) is 0 Å². The molecule has 5 nitrogen and oxygen atoms in total. The second-order valence-corrected chi connectivity index (χ2v) is 6.02. The van der Waals surface area contributed by atoms with Gasteiger partial charge in [-0.1, -0.05) is 47.6 Å². The van der Waals surface area contributed by atoms with E-state index in [-0.39, 0.29) is 6.10 Å². The van der Waals surface area contributed by atoms with E-state index in [0.717, 1.165) is 28.2 Å². The Labute approximate surface area is 144 Å². The van der Waals surface area contributed by atoms with Gasteiger partial charge in [0.15, 0.2) is 28.6 Å². The maximum Gasteiger partial charge on any atom is 0.192 e. The maximum absolute atomic E-state index is 6.02. The molecular formula is C16H16ClN3O2S. The molecule has 1 aromatic carbocycles. The van der Waals surface area contributed by atoms with Crippen molar-refractivity contribution in [3.63, 3.8) is 0 Å². The van der Waals surface area contributed by atoms with E-state index in [0.29, 0.717) is 13.2 Å². The van der Waals surface area contributed by atoms with Crippen LogP contribution in [-0.2, 0) is 6.54 Å². The monoisotopic (exact) mass is 349 g/mol. The number of aromatic nitrogens is 3. The standard InChI is InChI=1S/C16H16ClN3O2S/c1-2-9-20-15(18-19-16(20)23-10-5-8-17)14-11-21-12-6-3-4-7-13(12)22-14/h2-8,14H,1,9-11H2/b8-5+. The van der Waals surface area contributed by atoms with Crippen molar-refractivity contribution in [1.82, 2.24) is 14.8 Å². The number of fused-ring (bicyclic) bond motifs is 1. The van der Waals surface area contributed by atoms with E-state index in [1.807, 2.05) is 41.0 Å². The molecule has 0 saturated carbocycles. The molecule has 0 amide bonds. The molecule has 3 rings (SSSR count). The molecule has 2 aromatic rings. The number of hydrogen-bond acceptors (Lipinski definition) is 5. The molecule has 0 saturated heterocycles. The molecule has 0 bridgehead atoms. The fourth-order valence-corrected chi connectivity index (χ4v) is 3.21. The van der Waals surface area contributed by atoms with Gasteiger partial charge in [0.05, 0.1) is 0 Å². The number of nitrogens with zero attached hydrogens (tertiary/aromatic N) is 3. The zero-order valence-electron chi connectivity index (χ0n) is 12.4. The van der Waals surface area contributed by atoms with Gasteiger partial charge >= 0.3 is 0 Å². The molecule has 2 heterocycles. The smallest absolute Gasteiger partial charge is 0.192 e. The first kappa shape index (κ1) is 16.0. The Kier molecular flexibility index (Phi) is 5.25. The minimum atomic E-state index is -0.296. The Morgan fingerprint density at radius 1 is 1.35 bits per heavy atom. The average Bonchev–Trinajstić information content (AvgIpc) is 2.98. The molecule has 1 aliphatic rings. The van der Waals surface area contributed by atoms with Crippen LogP contribution in [0.4, 0.5) is 0 Å².